The van der Waals surface area contributed by atoms with Gasteiger partial charge in [0, 0.05) is 12.0 Å². The lowest BCUT2D eigenvalue weighted by Gasteiger charge is -2.34. The van der Waals surface area contributed by atoms with Crippen molar-refractivity contribution in [2.45, 2.75) is 19.4 Å². The van der Waals surface area contributed by atoms with E-state index in [4.69, 9.17) is 4.74 Å². The van der Waals surface area contributed by atoms with Gasteiger partial charge in [-0.15, -0.1) is 5.10 Å². The first-order valence-corrected chi connectivity index (χ1v) is 11.0. The highest BCUT2D eigenvalue weighted by molar-refractivity contribution is 7.17. The maximum atomic E-state index is 11.0. The number of aliphatic hydroxyl groups excluding tert-OH is 1. The molecule has 0 saturated carbocycles. The third-order valence-corrected chi connectivity index (χ3v) is 6.83. The monoisotopic (exact) mass is 419 g/mol. The summed E-state index contributed by atoms with van der Waals surface area (Å²) in [4.78, 5) is 9.02. The average molecular weight is 420 g/mol. The summed E-state index contributed by atoms with van der Waals surface area (Å²) >= 11 is 1.52. The van der Waals surface area contributed by atoms with Gasteiger partial charge < -0.3 is 24.7 Å². The Morgan fingerprint density at radius 2 is 1.93 bits per heavy atom. The van der Waals surface area contributed by atoms with E-state index in [1.165, 1.54) is 21.1 Å². The van der Waals surface area contributed by atoms with E-state index in [1.54, 1.807) is 11.6 Å². The Morgan fingerprint density at radius 3 is 2.52 bits per heavy atom. The number of rotatable bonds is 7. The van der Waals surface area contributed by atoms with Gasteiger partial charge in [-0.25, -0.2) is 4.98 Å². The minimum absolute atomic E-state index is 0.00941. The molecule has 29 heavy (non-hydrogen) atoms. The summed E-state index contributed by atoms with van der Waals surface area (Å²) in [5.41, 5.74) is 1.14. The molecule has 1 aliphatic heterocycles. The molecule has 3 aromatic rings. The molecule has 4 rings (SSSR count). The van der Waals surface area contributed by atoms with Gasteiger partial charge in [-0.05, 0) is 24.3 Å². The number of methoxy groups -OCH3 is 1. The second-order valence-corrected chi connectivity index (χ2v) is 8.46. The van der Waals surface area contributed by atoms with Crippen LogP contribution in [0.4, 0.5) is 0 Å². The second-order valence-electron chi connectivity index (χ2n) is 7.45. The summed E-state index contributed by atoms with van der Waals surface area (Å²) < 4.78 is 6.89. The van der Waals surface area contributed by atoms with Crippen LogP contribution < -0.4 is 14.5 Å². The lowest BCUT2D eigenvalue weighted by Crippen LogP contribution is -3.28. The van der Waals surface area contributed by atoms with Crippen LogP contribution in [0.3, 0.4) is 0 Å². The molecule has 0 radical (unpaired) electrons. The van der Waals surface area contributed by atoms with Crippen LogP contribution in [0.15, 0.2) is 24.3 Å². The van der Waals surface area contributed by atoms with Crippen LogP contribution in [0, 0.1) is 0 Å². The zero-order valence-corrected chi connectivity index (χ0v) is 17.7. The fourth-order valence-electron chi connectivity index (χ4n) is 4.12. The lowest BCUT2D eigenvalue weighted by atomic mass is 10.0. The van der Waals surface area contributed by atoms with Crippen LogP contribution in [0.25, 0.3) is 4.96 Å². The zero-order chi connectivity index (χ0) is 20.4. The molecule has 0 spiro atoms. The van der Waals surface area contributed by atoms with Gasteiger partial charge in [0.2, 0.25) is 10.8 Å². The van der Waals surface area contributed by atoms with Crippen molar-refractivity contribution in [3.8, 4) is 11.6 Å². The first kappa shape index (κ1) is 20.1. The minimum atomic E-state index is 0.00941. The molecule has 9 heteroatoms. The van der Waals surface area contributed by atoms with Crippen LogP contribution in [0.5, 0.6) is 11.6 Å². The highest BCUT2D eigenvalue weighted by Crippen LogP contribution is 2.35. The van der Waals surface area contributed by atoms with Gasteiger partial charge in [0.05, 0.1) is 13.7 Å². The van der Waals surface area contributed by atoms with Gasteiger partial charge in [0.1, 0.15) is 43.4 Å². The van der Waals surface area contributed by atoms with Gasteiger partial charge in [-0.3, -0.25) is 0 Å². The van der Waals surface area contributed by atoms with Gasteiger partial charge in [-0.1, -0.05) is 18.3 Å². The number of hydrogen-bond donors (Lipinski definition) is 4. The highest BCUT2D eigenvalue weighted by atomic mass is 32.1. The number of aromatic nitrogens is 3. The molecule has 0 unspecified atom stereocenters. The molecule has 4 N–H and O–H groups in total. The third kappa shape index (κ3) is 3.95. The smallest absolute Gasteiger partial charge is 0.235 e. The molecule has 2 aromatic heterocycles. The molecule has 1 aromatic carbocycles. The van der Waals surface area contributed by atoms with Crippen molar-refractivity contribution in [1.29, 1.82) is 0 Å². The van der Waals surface area contributed by atoms with Gasteiger partial charge in [0.25, 0.3) is 0 Å². The number of hydrogen-bond acceptors (Lipinski definition) is 6. The van der Waals surface area contributed by atoms with Crippen molar-refractivity contribution in [2.24, 2.45) is 0 Å². The average Bonchev–Trinajstić information content (AvgIpc) is 3.29. The van der Waals surface area contributed by atoms with E-state index in [9.17, 15) is 10.2 Å². The quantitative estimate of drug-likeness (QED) is 0.392. The van der Waals surface area contributed by atoms with Gasteiger partial charge in [0.15, 0.2) is 11.9 Å². The van der Waals surface area contributed by atoms with E-state index in [0.717, 1.165) is 66.1 Å². The number of quaternary nitrogens is 2. The topological polar surface area (TPSA) is 88.8 Å². The van der Waals surface area contributed by atoms with Crippen LogP contribution in [-0.4, -0.2) is 71.3 Å². The van der Waals surface area contributed by atoms with E-state index < -0.39 is 0 Å². The van der Waals surface area contributed by atoms with Crippen molar-refractivity contribution in [3.05, 3.63) is 40.5 Å². The molecule has 1 saturated heterocycles. The van der Waals surface area contributed by atoms with E-state index in [-0.39, 0.29) is 18.5 Å². The first-order valence-electron chi connectivity index (χ1n) is 10.1. The van der Waals surface area contributed by atoms with Crippen molar-refractivity contribution in [1.82, 2.24) is 14.6 Å². The van der Waals surface area contributed by atoms with Crippen molar-refractivity contribution >= 4 is 16.3 Å². The summed E-state index contributed by atoms with van der Waals surface area (Å²) in [5.74, 6) is 1.75. The number of aromatic hydroxyl groups is 1. The Labute approximate surface area is 174 Å². The standard InChI is InChI=1S/C20H27N5O3S/c1-3-16-21-20-25(22-16)19(27)18(29-20)17(14-4-6-15(28-2)7-5-14)24-10-8-23(9-11-24)12-13-26/h4-7,17,26-27H,3,8-13H2,1-2H3/p+2/t17-/m0/s1. The third-order valence-electron chi connectivity index (χ3n) is 5.74. The molecule has 1 aliphatic rings. The molecule has 156 valence electrons. The predicted molar refractivity (Wildman–Crippen MR) is 110 cm³/mol. The van der Waals surface area contributed by atoms with E-state index in [2.05, 4.69) is 22.2 Å². The molecule has 3 heterocycles. The van der Waals surface area contributed by atoms with Crippen LogP contribution in [0.2, 0.25) is 0 Å². The molecule has 0 aliphatic carbocycles. The molecule has 8 nitrogen and oxygen atoms in total. The molecule has 1 atom stereocenters. The fraction of sp³-hybridized carbons (Fsp3) is 0.500. The molecular formula is C20H29N5O3S+2. The Kier molecular flexibility index (Phi) is 6.00. The lowest BCUT2D eigenvalue weighted by molar-refractivity contribution is -1.02. The summed E-state index contributed by atoms with van der Waals surface area (Å²) in [6, 6.07) is 8.11. The normalized spacial score (nSPS) is 20.8. The number of aryl methyl sites for hydroxylation is 1. The Balaban J connectivity index is 1.70. The SMILES string of the molecule is CCc1nc2sc([C@H](c3ccc(OC)cc3)[NH+]3CC[NH+](CCO)CC3)c(O)n2n1. The van der Waals surface area contributed by atoms with Crippen molar-refractivity contribution < 1.29 is 24.7 Å². The second kappa shape index (κ2) is 8.66. The maximum absolute atomic E-state index is 11.0. The fourth-order valence-corrected chi connectivity index (χ4v) is 5.28. The molecule has 0 amide bonds. The molecular weight excluding hydrogens is 390 g/mol. The number of piperazine rings is 1. The Hall–Kier alpha value is -2.20. The number of nitrogens with zero attached hydrogens (tertiary/aromatic N) is 3. The van der Waals surface area contributed by atoms with Crippen LogP contribution in [-0.2, 0) is 6.42 Å². The predicted octanol–water partition coefficient (Wildman–Crippen LogP) is -1.07. The number of ether oxygens (including phenoxy) is 1. The van der Waals surface area contributed by atoms with Gasteiger partial charge >= 0.3 is 0 Å². The summed E-state index contributed by atoms with van der Waals surface area (Å²) in [6.45, 7) is 6.98. The number of benzene rings is 1. The first-order chi connectivity index (χ1) is 14.1. The Bertz CT molecular complexity index is 947. The number of nitrogens with one attached hydrogen (secondary N) is 2. The maximum Gasteiger partial charge on any atom is 0.235 e. The summed E-state index contributed by atoms with van der Waals surface area (Å²) in [6.07, 6.45) is 0.742. The number of thiazole rings is 1. The van der Waals surface area contributed by atoms with Crippen molar-refractivity contribution in [2.75, 3.05) is 46.4 Å². The van der Waals surface area contributed by atoms with Gasteiger partial charge in [-0.2, -0.15) is 4.52 Å². The van der Waals surface area contributed by atoms with Crippen molar-refractivity contribution in [3.63, 3.8) is 0 Å². The summed E-state index contributed by atoms with van der Waals surface area (Å²) in [7, 11) is 1.66. The molecule has 0 bridgehead atoms. The highest BCUT2D eigenvalue weighted by Gasteiger charge is 2.36. The van der Waals surface area contributed by atoms with Crippen LogP contribution in [0.1, 0.15) is 29.2 Å². The zero-order valence-electron chi connectivity index (χ0n) is 16.9. The van der Waals surface area contributed by atoms with Crippen LogP contribution >= 0.6 is 11.3 Å². The van der Waals surface area contributed by atoms with E-state index >= 15 is 0 Å². The number of aliphatic hydroxyl groups is 1. The van der Waals surface area contributed by atoms with E-state index in [0.29, 0.717) is 0 Å². The minimum Gasteiger partial charge on any atom is -0.497 e. The van der Waals surface area contributed by atoms with E-state index in [1.807, 2.05) is 19.1 Å². The molecule has 1 fully saturated rings. The Morgan fingerprint density at radius 1 is 1.21 bits per heavy atom. The summed E-state index contributed by atoms with van der Waals surface area (Å²) in [5, 5.41) is 24.7. The number of fused-ring (bicyclic) bond motifs is 1. The largest absolute Gasteiger partial charge is 0.497 e.